The quantitative estimate of drug-likeness (QED) is 0.357. The lowest BCUT2D eigenvalue weighted by Crippen LogP contribution is -1.99. The van der Waals surface area contributed by atoms with Gasteiger partial charge in [-0.05, 0) is 55.0 Å². The first-order valence-electron chi connectivity index (χ1n) is 10.1. The number of aliphatic imine (C=N–C) groups is 1. The average Bonchev–Trinajstić information content (AvgIpc) is 3.31. The zero-order chi connectivity index (χ0) is 20.5. The van der Waals surface area contributed by atoms with Crippen LogP contribution in [0.25, 0.3) is 10.9 Å². The van der Waals surface area contributed by atoms with Gasteiger partial charge in [0.15, 0.2) is 0 Å². The Balaban J connectivity index is 1.52. The number of halogens is 1. The minimum atomic E-state index is -0.226. The minimum absolute atomic E-state index is 0.226. The average molecular weight is 414 g/mol. The molecular weight excluding hydrogens is 393 g/mol. The summed E-state index contributed by atoms with van der Waals surface area (Å²) >= 11 is 1.66. The van der Waals surface area contributed by atoms with E-state index in [4.69, 9.17) is 4.99 Å². The predicted octanol–water partition coefficient (Wildman–Crippen LogP) is 6.39. The van der Waals surface area contributed by atoms with E-state index in [2.05, 4.69) is 29.0 Å². The van der Waals surface area contributed by atoms with Gasteiger partial charge in [0.05, 0.1) is 5.56 Å². The van der Waals surface area contributed by atoms with Crippen LogP contribution in [0, 0.1) is 17.1 Å². The SMILES string of the molecule is N#Cc1c(N=Cc2cn(Cc3ccc(F)cc3)c3ccccc23)sc2c1CCCC2. The van der Waals surface area contributed by atoms with Gasteiger partial charge in [0.25, 0.3) is 0 Å². The number of nitrogens with zero attached hydrogens (tertiary/aromatic N) is 3. The first kappa shape index (κ1) is 18.8. The highest BCUT2D eigenvalue weighted by Gasteiger charge is 2.20. The van der Waals surface area contributed by atoms with Crippen LogP contribution in [0.5, 0.6) is 0 Å². The van der Waals surface area contributed by atoms with Gasteiger partial charge in [-0.2, -0.15) is 5.26 Å². The fraction of sp³-hybridized carbons (Fsp3) is 0.200. The van der Waals surface area contributed by atoms with Crippen molar-refractivity contribution in [2.24, 2.45) is 4.99 Å². The van der Waals surface area contributed by atoms with Crippen LogP contribution in [0.4, 0.5) is 9.39 Å². The van der Waals surface area contributed by atoms with E-state index in [1.54, 1.807) is 11.3 Å². The van der Waals surface area contributed by atoms with Crippen molar-refractivity contribution >= 4 is 33.5 Å². The third-order valence-corrected chi connectivity index (χ3v) is 6.87. The van der Waals surface area contributed by atoms with Crippen molar-refractivity contribution in [2.45, 2.75) is 32.2 Å². The number of rotatable bonds is 4. The molecule has 0 fully saturated rings. The molecule has 148 valence electrons. The van der Waals surface area contributed by atoms with E-state index >= 15 is 0 Å². The number of thiophene rings is 1. The van der Waals surface area contributed by atoms with Crippen molar-refractivity contribution < 1.29 is 4.39 Å². The van der Waals surface area contributed by atoms with Gasteiger partial charge >= 0.3 is 0 Å². The molecule has 0 spiro atoms. The zero-order valence-corrected chi connectivity index (χ0v) is 17.3. The summed E-state index contributed by atoms with van der Waals surface area (Å²) in [5.41, 5.74) is 5.12. The van der Waals surface area contributed by atoms with Crippen molar-refractivity contribution in [1.29, 1.82) is 5.26 Å². The second-order valence-electron chi connectivity index (χ2n) is 7.62. The van der Waals surface area contributed by atoms with Crippen molar-refractivity contribution in [2.75, 3.05) is 0 Å². The summed E-state index contributed by atoms with van der Waals surface area (Å²) in [6.07, 6.45) is 8.35. The van der Waals surface area contributed by atoms with Gasteiger partial charge in [-0.25, -0.2) is 9.38 Å². The summed E-state index contributed by atoms with van der Waals surface area (Å²) in [6, 6.07) is 17.2. The molecule has 30 heavy (non-hydrogen) atoms. The number of benzene rings is 2. The Morgan fingerprint density at radius 1 is 1.10 bits per heavy atom. The van der Waals surface area contributed by atoms with Gasteiger partial charge in [-0.1, -0.05) is 30.3 Å². The lowest BCUT2D eigenvalue weighted by atomic mass is 9.96. The van der Waals surface area contributed by atoms with Gasteiger partial charge in [0, 0.05) is 40.3 Å². The smallest absolute Gasteiger partial charge is 0.134 e. The van der Waals surface area contributed by atoms with Gasteiger partial charge in [0.2, 0.25) is 0 Å². The molecule has 1 aliphatic carbocycles. The second-order valence-corrected chi connectivity index (χ2v) is 8.70. The lowest BCUT2D eigenvalue weighted by molar-refractivity contribution is 0.626. The first-order valence-corrected chi connectivity index (χ1v) is 11.0. The molecule has 2 aromatic heterocycles. The van der Waals surface area contributed by atoms with Crippen LogP contribution in [0.1, 0.15) is 40.0 Å². The maximum atomic E-state index is 13.2. The zero-order valence-electron chi connectivity index (χ0n) is 16.4. The Morgan fingerprint density at radius 2 is 1.90 bits per heavy atom. The third kappa shape index (κ3) is 3.44. The highest BCUT2D eigenvalue weighted by atomic mass is 32.1. The predicted molar refractivity (Wildman–Crippen MR) is 120 cm³/mol. The number of aryl methyl sites for hydroxylation is 1. The van der Waals surface area contributed by atoms with Crippen LogP contribution in [-0.2, 0) is 19.4 Å². The monoisotopic (exact) mass is 413 g/mol. The van der Waals surface area contributed by atoms with Crippen LogP contribution in [0.2, 0.25) is 0 Å². The maximum absolute atomic E-state index is 13.2. The molecule has 2 heterocycles. The van der Waals surface area contributed by atoms with E-state index in [9.17, 15) is 9.65 Å². The Hall–Kier alpha value is -3.23. The molecule has 0 N–H and O–H groups in total. The Bertz CT molecular complexity index is 1290. The van der Waals surface area contributed by atoms with Gasteiger partial charge < -0.3 is 4.57 Å². The maximum Gasteiger partial charge on any atom is 0.134 e. The summed E-state index contributed by atoms with van der Waals surface area (Å²) in [7, 11) is 0. The number of hydrogen-bond donors (Lipinski definition) is 0. The number of nitriles is 1. The van der Waals surface area contributed by atoms with E-state index in [0.717, 1.165) is 51.9 Å². The standard InChI is InChI=1S/C25H20FN3S/c26-19-11-9-17(10-12-19)15-29-16-18(20-5-1-3-7-23(20)29)14-28-25-22(13-27)21-6-2-4-8-24(21)30-25/h1,3,5,7,9-12,14,16H,2,4,6,8,15H2. The van der Waals surface area contributed by atoms with Gasteiger partial charge in [-0.15, -0.1) is 11.3 Å². The minimum Gasteiger partial charge on any atom is -0.342 e. The molecule has 3 nitrogen and oxygen atoms in total. The Kier molecular flexibility index (Phi) is 4.94. The molecule has 1 aliphatic rings. The fourth-order valence-electron chi connectivity index (χ4n) is 4.18. The lowest BCUT2D eigenvalue weighted by Gasteiger charge is -2.09. The van der Waals surface area contributed by atoms with Gasteiger partial charge in [-0.3, -0.25) is 0 Å². The van der Waals surface area contributed by atoms with Gasteiger partial charge in [0.1, 0.15) is 16.9 Å². The molecule has 0 atom stereocenters. The van der Waals surface area contributed by atoms with Crippen molar-refractivity contribution in [3.8, 4) is 6.07 Å². The molecule has 0 saturated carbocycles. The fourth-order valence-corrected chi connectivity index (χ4v) is 5.36. The Morgan fingerprint density at radius 3 is 2.73 bits per heavy atom. The van der Waals surface area contributed by atoms with Crippen molar-refractivity contribution in [3.05, 3.63) is 87.7 Å². The molecule has 5 heteroatoms. The largest absolute Gasteiger partial charge is 0.342 e. The topological polar surface area (TPSA) is 41.1 Å². The third-order valence-electron chi connectivity index (χ3n) is 5.67. The molecule has 0 aliphatic heterocycles. The molecule has 0 radical (unpaired) electrons. The molecule has 0 unspecified atom stereocenters. The number of para-hydroxylation sites is 1. The molecule has 4 aromatic rings. The number of hydrogen-bond acceptors (Lipinski definition) is 3. The Labute approximate surface area is 178 Å². The molecule has 0 bridgehead atoms. The number of fused-ring (bicyclic) bond motifs is 2. The van der Waals surface area contributed by atoms with Crippen LogP contribution < -0.4 is 0 Å². The van der Waals surface area contributed by atoms with Crippen molar-refractivity contribution in [1.82, 2.24) is 4.57 Å². The van der Waals surface area contributed by atoms with E-state index in [-0.39, 0.29) is 5.82 Å². The molecule has 0 saturated heterocycles. The molecule has 0 amide bonds. The second kappa shape index (κ2) is 7.89. The van der Waals surface area contributed by atoms with E-state index < -0.39 is 0 Å². The summed E-state index contributed by atoms with van der Waals surface area (Å²) in [4.78, 5) is 6.07. The summed E-state index contributed by atoms with van der Waals surface area (Å²) in [5.74, 6) is -0.226. The van der Waals surface area contributed by atoms with Crippen LogP contribution in [0.15, 0.2) is 59.7 Å². The molecule has 5 rings (SSSR count). The first-order chi connectivity index (χ1) is 14.7. The molecule has 2 aromatic carbocycles. The normalized spacial score (nSPS) is 13.6. The van der Waals surface area contributed by atoms with Crippen LogP contribution >= 0.6 is 11.3 Å². The summed E-state index contributed by atoms with van der Waals surface area (Å²) in [6.45, 7) is 0.658. The van der Waals surface area contributed by atoms with E-state index in [1.165, 1.54) is 29.0 Å². The summed E-state index contributed by atoms with van der Waals surface area (Å²) < 4.78 is 15.4. The van der Waals surface area contributed by atoms with Crippen molar-refractivity contribution in [3.63, 3.8) is 0 Å². The summed E-state index contributed by atoms with van der Waals surface area (Å²) in [5, 5.41) is 11.6. The highest BCUT2D eigenvalue weighted by molar-refractivity contribution is 7.16. The van der Waals surface area contributed by atoms with Crippen LogP contribution in [-0.4, -0.2) is 10.8 Å². The highest BCUT2D eigenvalue weighted by Crippen LogP contribution is 2.39. The number of aromatic nitrogens is 1. The van der Waals surface area contributed by atoms with E-state index in [0.29, 0.717) is 6.54 Å². The molecular formula is C25H20FN3S. The van der Waals surface area contributed by atoms with E-state index in [1.807, 2.05) is 30.5 Å². The van der Waals surface area contributed by atoms with Crippen LogP contribution in [0.3, 0.4) is 0 Å².